The fourth-order valence-corrected chi connectivity index (χ4v) is 1.98. The van der Waals surface area contributed by atoms with E-state index in [-0.39, 0.29) is 12.0 Å². The summed E-state index contributed by atoms with van der Waals surface area (Å²) in [4.78, 5) is 13.8. The molecule has 1 amide bonds. The summed E-state index contributed by atoms with van der Waals surface area (Å²) < 4.78 is 0. The molecule has 0 aliphatic carbocycles. The van der Waals surface area contributed by atoms with Crippen molar-refractivity contribution in [2.75, 3.05) is 25.5 Å². The monoisotopic (exact) mass is 220 g/mol. The second-order valence-corrected chi connectivity index (χ2v) is 3.99. The van der Waals surface area contributed by atoms with E-state index in [0.29, 0.717) is 25.1 Å². The van der Waals surface area contributed by atoms with E-state index >= 15 is 0 Å². The van der Waals surface area contributed by atoms with E-state index in [1.165, 1.54) is 0 Å². The van der Waals surface area contributed by atoms with Gasteiger partial charge in [0.15, 0.2) is 0 Å². The molecule has 1 saturated heterocycles. The molecule has 0 aromatic heterocycles. The van der Waals surface area contributed by atoms with E-state index in [9.17, 15) is 9.90 Å². The Kier molecular flexibility index (Phi) is 3.10. The molecule has 1 unspecified atom stereocenters. The minimum Gasteiger partial charge on any atom is -0.391 e. The van der Waals surface area contributed by atoms with Gasteiger partial charge in [0.05, 0.1) is 11.7 Å². The lowest BCUT2D eigenvalue weighted by Gasteiger charge is -2.17. The maximum Gasteiger partial charge on any atom is 0.256 e. The summed E-state index contributed by atoms with van der Waals surface area (Å²) in [7, 11) is 1.80. The normalized spacial score (nSPS) is 19.9. The average Bonchev–Trinajstić information content (AvgIpc) is 2.75. The van der Waals surface area contributed by atoms with E-state index in [4.69, 9.17) is 0 Å². The summed E-state index contributed by atoms with van der Waals surface area (Å²) in [6, 6.07) is 7.42. The summed E-state index contributed by atoms with van der Waals surface area (Å²) in [5.41, 5.74) is 1.49. The van der Waals surface area contributed by atoms with E-state index in [2.05, 4.69) is 5.32 Å². The molecule has 1 atom stereocenters. The third-order valence-corrected chi connectivity index (χ3v) is 2.88. The number of carbonyl (C=O) groups excluding carboxylic acids is 1. The Bertz CT molecular complexity index is 392. The molecule has 1 aliphatic rings. The number of hydrogen-bond acceptors (Lipinski definition) is 3. The molecule has 2 rings (SSSR count). The van der Waals surface area contributed by atoms with Crippen LogP contribution in [0.5, 0.6) is 0 Å². The van der Waals surface area contributed by atoms with E-state index in [0.717, 1.165) is 5.69 Å². The van der Waals surface area contributed by atoms with Gasteiger partial charge in [-0.05, 0) is 18.6 Å². The molecule has 86 valence electrons. The number of nitrogens with one attached hydrogen (secondary N) is 1. The molecular weight excluding hydrogens is 204 g/mol. The molecule has 0 saturated carbocycles. The van der Waals surface area contributed by atoms with Gasteiger partial charge in [-0.3, -0.25) is 4.79 Å². The summed E-state index contributed by atoms with van der Waals surface area (Å²) in [6.45, 7) is 1.08. The number of amides is 1. The number of benzene rings is 1. The lowest BCUT2D eigenvalue weighted by molar-refractivity contribution is 0.0766. The van der Waals surface area contributed by atoms with Crippen LogP contribution in [0.4, 0.5) is 5.69 Å². The second kappa shape index (κ2) is 4.53. The quantitative estimate of drug-likeness (QED) is 0.779. The summed E-state index contributed by atoms with van der Waals surface area (Å²) in [5.74, 6) is -0.0125. The number of aliphatic hydroxyl groups excluding tert-OH is 1. The van der Waals surface area contributed by atoms with Crippen LogP contribution in [0.15, 0.2) is 24.3 Å². The van der Waals surface area contributed by atoms with Crippen molar-refractivity contribution in [3.05, 3.63) is 29.8 Å². The van der Waals surface area contributed by atoms with Crippen molar-refractivity contribution in [3.63, 3.8) is 0 Å². The van der Waals surface area contributed by atoms with Gasteiger partial charge in [-0.25, -0.2) is 0 Å². The Morgan fingerprint density at radius 3 is 2.88 bits per heavy atom. The van der Waals surface area contributed by atoms with Gasteiger partial charge < -0.3 is 15.3 Å². The van der Waals surface area contributed by atoms with Gasteiger partial charge in [-0.15, -0.1) is 0 Å². The van der Waals surface area contributed by atoms with Crippen LogP contribution in [0.3, 0.4) is 0 Å². The lowest BCUT2D eigenvalue weighted by atomic mass is 10.1. The third-order valence-electron chi connectivity index (χ3n) is 2.88. The van der Waals surface area contributed by atoms with Crippen LogP contribution in [0.25, 0.3) is 0 Å². The van der Waals surface area contributed by atoms with Crippen molar-refractivity contribution in [2.24, 2.45) is 0 Å². The first-order valence-corrected chi connectivity index (χ1v) is 5.46. The molecule has 1 aromatic rings. The van der Waals surface area contributed by atoms with Crippen LogP contribution in [0, 0.1) is 0 Å². The van der Waals surface area contributed by atoms with Gasteiger partial charge >= 0.3 is 0 Å². The SMILES string of the molecule is CNc1ccccc1C(=O)N1CCC(O)C1. The molecule has 4 heteroatoms. The van der Waals surface area contributed by atoms with Crippen LogP contribution in [-0.2, 0) is 0 Å². The van der Waals surface area contributed by atoms with Crippen LogP contribution in [-0.4, -0.2) is 42.2 Å². The number of nitrogens with zero attached hydrogens (tertiary/aromatic N) is 1. The van der Waals surface area contributed by atoms with Gasteiger partial charge in [-0.2, -0.15) is 0 Å². The van der Waals surface area contributed by atoms with Crippen LogP contribution < -0.4 is 5.32 Å². The fraction of sp³-hybridized carbons (Fsp3) is 0.417. The molecule has 1 fully saturated rings. The van der Waals surface area contributed by atoms with Gasteiger partial charge in [0.25, 0.3) is 5.91 Å². The zero-order valence-electron chi connectivity index (χ0n) is 9.31. The molecule has 1 aromatic carbocycles. The predicted molar refractivity (Wildman–Crippen MR) is 62.5 cm³/mol. The highest BCUT2D eigenvalue weighted by molar-refractivity contribution is 5.99. The Morgan fingerprint density at radius 2 is 2.25 bits per heavy atom. The van der Waals surface area contributed by atoms with Crippen molar-refractivity contribution in [3.8, 4) is 0 Å². The van der Waals surface area contributed by atoms with Crippen LogP contribution in [0.2, 0.25) is 0 Å². The smallest absolute Gasteiger partial charge is 0.256 e. The first kappa shape index (κ1) is 11.0. The maximum absolute atomic E-state index is 12.1. The fourth-order valence-electron chi connectivity index (χ4n) is 1.98. The predicted octanol–water partition coefficient (Wildman–Crippen LogP) is 0.935. The highest BCUT2D eigenvalue weighted by Crippen LogP contribution is 2.19. The number of β-amino-alcohol motifs (C(OH)–C–C–N with tert-alkyl or cyclic N) is 1. The number of carbonyl (C=O) groups is 1. The highest BCUT2D eigenvalue weighted by atomic mass is 16.3. The summed E-state index contributed by atoms with van der Waals surface area (Å²) >= 11 is 0. The number of rotatable bonds is 2. The average molecular weight is 220 g/mol. The second-order valence-electron chi connectivity index (χ2n) is 3.99. The molecule has 1 heterocycles. The number of aliphatic hydroxyl groups is 1. The topological polar surface area (TPSA) is 52.6 Å². The molecule has 0 spiro atoms. The minimum atomic E-state index is -0.370. The zero-order valence-corrected chi connectivity index (χ0v) is 9.31. The Balaban J connectivity index is 2.20. The number of anilines is 1. The Morgan fingerprint density at radius 1 is 1.50 bits per heavy atom. The zero-order chi connectivity index (χ0) is 11.5. The maximum atomic E-state index is 12.1. The van der Waals surface area contributed by atoms with Gasteiger partial charge in [0.2, 0.25) is 0 Å². The first-order valence-electron chi connectivity index (χ1n) is 5.46. The van der Waals surface area contributed by atoms with Crippen molar-refractivity contribution in [1.82, 2.24) is 4.90 Å². The molecule has 2 N–H and O–H groups in total. The Hall–Kier alpha value is -1.55. The minimum absolute atomic E-state index is 0.0125. The highest BCUT2D eigenvalue weighted by Gasteiger charge is 2.26. The molecule has 0 bridgehead atoms. The number of likely N-dealkylation sites (tertiary alicyclic amines) is 1. The van der Waals surface area contributed by atoms with E-state index in [1.807, 2.05) is 18.2 Å². The summed E-state index contributed by atoms with van der Waals surface area (Å²) in [5, 5.41) is 12.4. The largest absolute Gasteiger partial charge is 0.391 e. The van der Waals surface area contributed by atoms with Gasteiger partial charge in [0, 0.05) is 25.8 Å². The third kappa shape index (κ3) is 2.02. The van der Waals surface area contributed by atoms with Crippen molar-refractivity contribution in [2.45, 2.75) is 12.5 Å². The standard InChI is InChI=1S/C12H16N2O2/c1-13-11-5-3-2-4-10(11)12(16)14-7-6-9(15)8-14/h2-5,9,13,15H,6-8H2,1H3. The van der Waals surface area contributed by atoms with Gasteiger partial charge in [0.1, 0.15) is 0 Å². The van der Waals surface area contributed by atoms with E-state index in [1.54, 1.807) is 18.0 Å². The molecule has 1 aliphatic heterocycles. The van der Waals surface area contributed by atoms with Gasteiger partial charge in [-0.1, -0.05) is 12.1 Å². The van der Waals surface area contributed by atoms with Crippen molar-refractivity contribution < 1.29 is 9.90 Å². The van der Waals surface area contributed by atoms with Crippen LogP contribution >= 0.6 is 0 Å². The van der Waals surface area contributed by atoms with Crippen molar-refractivity contribution >= 4 is 11.6 Å². The molecule has 4 nitrogen and oxygen atoms in total. The Labute approximate surface area is 94.9 Å². The lowest BCUT2D eigenvalue weighted by Crippen LogP contribution is -2.30. The number of para-hydroxylation sites is 1. The van der Waals surface area contributed by atoms with E-state index < -0.39 is 0 Å². The van der Waals surface area contributed by atoms with Crippen molar-refractivity contribution in [1.29, 1.82) is 0 Å². The van der Waals surface area contributed by atoms with Crippen LogP contribution in [0.1, 0.15) is 16.8 Å². The molecule has 0 radical (unpaired) electrons. The summed E-state index contributed by atoms with van der Waals surface area (Å²) in [6.07, 6.45) is 0.304. The first-order chi connectivity index (χ1) is 7.72. The number of hydrogen-bond donors (Lipinski definition) is 2. The molecular formula is C12H16N2O2. The molecule has 16 heavy (non-hydrogen) atoms.